The predicted octanol–water partition coefficient (Wildman–Crippen LogP) is 3.27. The molecule has 9 heteroatoms. The van der Waals surface area contributed by atoms with Crippen LogP contribution < -0.4 is 16.4 Å². The second kappa shape index (κ2) is 7.25. The Morgan fingerprint density at radius 2 is 1.94 bits per heavy atom. The van der Waals surface area contributed by atoms with Crippen molar-refractivity contribution in [3.05, 3.63) is 60.3 Å². The summed E-state index contributed by atoms with van der Waals surface area (Å²) in [5.74, 6) is 1.68. The van der Waals surface area contributed by atoms with Crippen molar-refractivity contribution < 1.29 is 0 Å². The number of rotatable bonds is 3. The topological polar surface area (TPSA) is 103 Å². The van der Waals surface area contributed by atoms with Crippen LogP contribution in [-0.2, 0) is 6.54 Å². The van der Waals surface area contributed by atoms with Gasteiger partial charge in [0, 0.05) is 42.3 Å². The highest BCUT2D eigenvalue weighted by atomic mass is 32.2. The van der Waals surface area contributed by atoms with Gasteiger partial charge in [0.2, 0.25) is 0 Å². The molecule has 4 aromatic rings. The van der Waals surface area contributed by atoms with E-state index in [4.69, 9.17) is 21.4 Å². The number of hydrogen-bond acceptors (Lipinski definition) is 7. The summed E-state index contributed by atoms with van der Waals surface area (Å²) in [6.45, 7) is 4.90. The summed E-state index contributed by atoms with van der Waals surface area (Å²) in [5.41, 5.74) is 16.2. The molecule has 2 aliphatic rings. The maximum Gasteiger partial charge on any atom is 0.147 e. The fourth-order valence-electron chi connectivity index (χ4n) is 5.18. The summed E-state index contributed by atoms with van der Waals surface area (Å²) in [5, 5.41) is 5.32. The minimum absolute atomic E-state index is 0.0635. The first kappa shape index (κ1) is 19.6. The Bertz CT molecular complexity index is 1280. The number of pyridine rings is 1. The van der Waals surface area contributed by atoms with Gasteiger partial charge in [0.15, 0.2) is 0 Å². The highest BCUT2D eigenvalue weighted by molar-refractivity contribution is 7.99. The van der Waals surface area contributed by atoms with Crippen LogP contribution in [0, 0.1) is 12.3 Å². The third-order valence-corrected chi connectivity index (χ3v) is 8.27. The molecule has 2 aliphatic heterocycles. The van der Waals surface area contributed by atoms with Crippen molar-refractivity contribution in [3.8, 4) is 0 Å². The van der Waals surface area contributed by atoms with Gasteiger partial charge in [0.05, 0.1) is 29.6 Å². The van der Waals surface area contributed by atoms with Gasteiger partial charge in [0.1, 0.15) is 16.7 Å². The van der Waals surface area contributed by atoms with Gasteiger partial charge in [-0.1, -0.05) is 11.8 Å². The molecule has 1 fully saturated rings. The number of nitrogens with two attached hydrogens (primary N) is 2. The molecule has 0 aromatic carbocycles. The molecule has 0 amide bonds. The summed E-state index contributed by atoms with van der Waals surface area (Å²) < 4.78 is 4.08. The van der Waals surface area contributed by atoms with E-state index in [0.717, 1.165) is 65.2 Å². The van der Waals surface area contributed by atoms with Crippen LogP contribution in [0.15, 0.2) is 59.0 Å². The maximum absolute atomic E-state index is 6.61. The SMILES string of the molecule is Cc1c(Sc2cnc(N3CCC4(CC3)Cn3nccc3[C@H]4N)cn2)ccn2c(N)ccc12. The number of fused-ring (bicyclic) bond motifs is 2. The Labute approximate surface area is 190 Å². The molecule has 4 aromatic heterocycles. The Hall–Kier alpha value is -3.04. The molecule has 1 spiro atoms. The van der Waals surface area contributed by atoms with E-state index in [1.54, 1.807) is 11.8 Å². The number of hydrogen-bond donors (Lipinski definition) is 2. The molecule has 6 heterocycles. The summed E-state index contributed by atoms with van der Waals surface area (Å²) in [4.78, 5) is 12.9. The second-order valence-electron chi connectivity index (χ2n) is 8.87. The van der Waals surface area contributed by atoms with Gasteiger partial charge < -0.3 is 20.8 Å². The van der Waals surface area contributed by atoms with Gasteiger partial charge >= 0.3 is 0 Å². The van der Waals surface area contributed by atoms with Crippen molar-refractivity contribution in [1.29, 1.82) is 0 Å². The van der Waals surface area contributed by atoms with Crippen LogP contribution in [0.3, 0.4) is 0 Å². The van der Waals surface area contributed by atoms with Crippen LogP contribution in [0.1, 0.15) is 30.1 Å². The number of piperidine rings is 1. The van der Waals surface area contributed by atoms with Crippen LogP contribution >= 0.6 is 11.8 Å². The number of nitrogen functional groups attached to an aromatic ring is 1. The lowest BCUT2D eigenvalue weighted by atomic mass is 9.73. The van der Waals surface area contributed by atoms with E-state index in [-0.39, 0.29) is 11.5 Å². The lowest BCUT2D eigenvalue weighted by Crippen LogP contribution is -2.45. The van der Waals surface area contributed by atoms with E-state index in [9.17, 15) is 0 Å². The Balaban J connectivity index is 1.14. The molecule has 32 heavy (non-hydrogen) atoms. The van der Waals surface area contributed by atoms with Gasteiger partial charge in [0.25, 0.3) is 0 Å². The molecule has 0 radical (unpaired) electrons. The Morgan fingerprint density at radius 1 is 1.09 bits per heavy atom. The fourth-order valence-corrected chi connectivity index (χ4v) is 6.00. The molecule has 4 N–H and O–H groups in total. The van der Waals surface area contributed by atoms with Gasteiger partial charge in [-0.05, 0) is 49.6 Å². The summed E-state index contributed by atoms with van der Waals surface area (Å²) in [6.07, 6.45) is 9.69. The Kier molecular flexibility index (Phi) is 4.44. The lowest BCUT2D eigenvalue weighted by molar-refractivity contribution is 0.170. The zero-order chi connectivity index (χ0) is 21.9. The molecule has 6 rings (SSSR count). The zero-order valence-electron chi connectivity index (χ0n) is 18.0. The van der Waals surface area contributed by atoms with Gasteiger partial charge in [-0.2, -0.15) is 5.10 Å². The average Bonchev–Trinajstić information content (AvgIpc) is 3.48. The molecular weight excluding hydrogens is 420 g/mol. The first-order valence-corrected chi connectivity index (χ1v) is 11.7. The third-order valence-electron chi connectivity index (χ3n) is 7.18. The van der Waals surface area contributed by atoms with Crippen LogP contribution in [-0.4, -0.2) is 37.2 Å². The van der Waals surface area contributed by atoms with Gasteiger partial charge in [-0.3, -0.25) is 4.68 Å². The van der Waals surface area contributed by atoms with E-state index in [1.165, 1.54) is 5.56 Å². The molecule has 8 nitrogen and oxygen atoms in total. The molecule has 1 atom stereocenters. The van der Waals surface area contributed by atoms with Crippen LogP contribution in [0.25, 0.3) is 5.52 Å². The monoisotopic (exact) mass is 446 g/mol. The molecule has 0 unspecified atom stereocenters. The van der Waals surface area contributed by atoms with E-state index < -0.39 is 0 Å². The lowest BCUT2D eigenvalue weighted by Gasteiger charge is -2.41. The standard InChI is InChI=1S/C23H26N8S/c1-15-16-2-3-19(24)30(16)9-5-18(15)32-21-13-26-20(12-27-21)29-10-6-23(7-11-29)14-31-17(22(23)25)4-8-28-31/h2-5,8-9,12-13,22H,6-7,10-11,14,24-25H2,1H3/t22-/m1/s1. The number of anilines is 2. The van der Waals surface area contributed by atoms with Gasteiger partial charge in [-0.15, -0.1) is 0 Å². The average molecular weight is 447 g/mol. The predicted molar refractivity (Wildman–Crippen MR) is 126 cm³/mol. The number of aryl methyl sites for hydroxylation is 1. The first-order valence-electron chi connectivity index (χ1n) is 10.9. The number of aromatic nitrogens is 5. The maximum atomic E-state index is 6.61. The zero-order valence-corrected chi connectivity index (χ0v) is 18.8. The van der Waals surface area contributed by atoms with Gasteiger partial charge in [-0.25, -0.2) is 9.97 Å². The first-order chi connectivity index (χ1) is 15.5. The van der Waals surface area contributed by atoms with E-state index in [0.29, 0.717) is 0 Å². The minimum Gasteiger partial charge on any atom is -0.385 e. The summed E-state index contributed by atoms with van der Waals surface area (Å²) in [7, 11) is 0. The molecule has 0 saturated carbocycles. The molecular formula is C23H26N8S. The van der Waals surface area contributed by atoms with Crippen molar-refractivity contribution in [2.45, 2.75) is 42.3 Å². The molecule has 0 aliphatic carbocycles. The quantitative estimate of drug-likeness (QED) is 0.498. The van der Waals surface area contributed by atoms with E-state index >= 15 is 0 Å². The van der Waals surface area contributed by atoms with Crippen molar-refractivity contribution in [3.63, 3.8) is 0 Å². The highest BCUT2D eigenvalue weighted by Gasteiger charge is 2.46. The fraction of sp³-hybridized carbons (Fsp3) is 0.348. The van der Waals surface area contributed by atoms with Crippen molar-refractivity contribution in [1.82, 2.24) is 24.1 Å². The van der Waals surface area contributed by atoms with E-state index in [1.807, 2.05) is 35.3 Å². The van der Waals surface area contributed by atoms with Crippen LogP contribution in [0.2, 0.25) is 0 Å². The van der Waals surface area contributed by atoms with Crippen LogP contribution in [0.4, 0.5) is 11.6 Å². The smallest absolute Gasteiger partial charge is 0.147 e. The number of nitrogens with zero attached hydrogens (tertiary/aromatic N) is 6. The normalized spacial score (nSPS) is 19.7. The molecule has 1 saturated heterocycles. The Morgan fingerprint density at radius 3 is 2.69 bits per heavy atom. The molecule has 164 valence electrons. The summed E-state index contributed by atoms with van der Waals surface area (Å²) in [6, 6.07) is 8.18. The third kappa shape index (κ3) is 2.99. The van der Waals surface area contributed by atoms with Crippen molar-refractivity contribution >= 4 is 28.9 Å². The van der Waals surface area contributed by atoms with Crippen molar-refractivity contribution in [2.24, 2.45) is 11.1 Å². The highest BCUT2D eigenvalue weighted by Crippen LogP contribution is 2.47. The summed E-state index contributed by atoms with van der Waals surface area (Å²) >= 11 is 1.63. The van der Waals surface area contributed by atoms with Crippen molar-refractivity contribution in [2.75, 3.05) is 23.7 Å². The molecule has 0 bridgehead atoms. The minimum atomic E-state index is 0.0635. The largest absolute Gasteiger partial charge is 0.385 e. The second-order valence-corrected chi connectivity index (χ2v) is 9.94. The van der Waals surface area contributed by atoms with Crippen LogP contribution in [0.5, 0.6) is 0 Å². The van der Waals surface area contributed by atoms with E-state index in [2.05, 4.69) is 39.8 Å².